The Balaban J connectivity index is 2.04. The maximum Gasteiger partial charge on any atom is 0.0194 e. The minimum Gasteiger partial charge on any atom is -0.0955 e. The predicted molar refractivity (Wildman–Crippen MR) is 146 cm³/mol. The molecular formula is C33H44. The van der Waals surface area contributed by atoms with Gasteiger partial charge in [-0.05, 0) is 121 Å². The van der Waals surface area contributed by atoms with Crippen molar-refractivity contribution in [2.45, 2.75) is 94.4 Å². The molecule has 0 nitrogen and oxygen atoms in total. The van der Waals surface area contributed by atoms with Crippen molar-refractivity contribution in [2.75, 3.05) is 0 Å². The van der Waals surface area contributed by atoms with Gasteiger partial charge in [0.05, 0.1) is 0 Å². The van der Waals surface area contributed by atoms with E-state index in [9.17, 15) is 0 Å². The molecule has 0 N–H and O–H groups in total. The highest BCUT2D eigenvalue weighted by Crippen LogP contribution is 2.70. The fourth-order valence-electron chi connectivity index (χ4n) is 8.42. The van der Waals surface area contributed by atoms with Gasteiger partial charge < -0.3 is 0 Å². The molecule has 0 aromatic heterocycles. The van der Waals surface area contributed by atoms with Crippen molar-refractivity contribution >= 4 is 5.57 Å². The number of benzene rings is 1. The van der Waals surface area contributed by atoms with Gasteiger partial charge in [0.25, 0.3) is 0 Å². The largest absolute Gasteiger partial charge is 0.0955 e. The van der Waals surface area contributed by atoms with E-state index in [4.69, 9.17) is 13.2 Å². The Hall–Kier alpha value is -2.08. The highest BCUT2D eigenvalue weighted by molar-refractivity contribution is 5.87. The van der Waals surface area contributed by atoms with Gasteiger partial charge in [0, 0.05) is 5.41 Å². The maximum atomic E-state index is 4.82. The minimum absolute atomic E-state index is 0.0834. The molecule has 0 fully saturated rings. The molecule has 3 atom stereocenters. The van der Waals surface area contributed by atoms with Crippen LogP contribution in [-0.4, -0.2) is 0 Å². The lowest BCUT2D eigenvalue weighted by Crippen LogP contribution is -2.52. The molecule has 0 spiro atoms. The van der Waals surface area contributed by atoms with Crippen LogP contribution in [0.2, 0.25) is 0 Å². The van der Waals surface area contributed by atoms with Crippen LogP contribution in [0.15, 0.2) is 59.2 Å². The molecule has 4 rings (SSSR count). The summed E-state index contributed by atoms with van der Waals surface area (Å²) < 4.78 is 0. The van der Waals surface area contributed by atoms with Crippen LogP contribution in [0.1, 0.15) is 96.0 Å². The smallest absolute Gasteiger partial charge is 0.0194 e. The molecule has 176 valence electrons. The molecule has 0 unspecified atom stereocenters. The van der Waals surface area contributed by atoms with Gasteiger partial charge in [-0.3, -0.25) is 0 Å². The summed E-state index contributed by atoms with van der Waals surface area (Å²) >= 11 is 0. The number of hydrogen-bond donors (Lipinski definition) is 0. The Kier molecular flexibility index (Phi) is 5.44. The fourth-order valence-corrected chi connectivity index (χ4v) is 8.42. The lowest BCUT2D eigenvalue weighted by Gasteiger charge is -2.62. The van der Waals surface area contributed by atoms with E-state index in [-0.39, 0.29) is 16.2 Å². The highest BCUT2D eigenvalue weighted by atomic mass is 14.6. The van der Waals surface area contributed by atoms with Crippen molar-refractivity contribution < 1.29 is 0 Å². The first-order valence-electron chi connectivity index (χ1n) is 12.9. The summed E-state index contributed by atoms with van der Waals surface area (Å²) in [6, 6.07) is 2.48. The van der Waals surface area contributed by atoms with Crippen molar-refractivity contribution in [3.05, 3.63) is 87.1 Å². The van der Waals surface area contributed by atoms with Crippen molar-refractivity contribution in [3.8, 4) is 0 Å². The first-order chi connectivity index (χ1) is 15.3. The molecule has 0 aliphatic heterocycles. The molecule has 0 amide bonds. The van der Waals surface area contributed by atoms with Crippen molar-refractivity contribution in [1.82, 2.24) is 0 Å². The highest BCUT2D eigenvalue weighted by Gasteiger charge is 2.59. The van der Waals surface area contributed by atoms with Crippen LogP contribution < -0.4 is 0 Å². The Morgan fingerprint density at radius 3 is 2.12 bits per heavy atom. The third-order valence-corrected chi connectivity index (χ3v) is 9.96. The monoisotopic (exact) mass is 440 g/mol. The van der Waals surface area contributed by atoms with Crippen LogP contribution in [0.5, 0.6) is 0 Å². The lowest BCUT2D eigenvalue weighted by molar-refractivity contribution is 0.0543. The molecule has 0 radical (unpaired) electrons. The number of rotatable bonds is 3. The third kappa shape index (κ3) is 2.95. The van der Waals surface area contributed by atoms with E-state index in [2.05, 4.69) is 75.0 Å². The van der Waals surface area contributed by atoms with Gasteiger partial charge in [-0.15, -0.1) is 0 Å². The zero-order valence-electron chi connectivity index (χ0n) is 22.7. The van der Waals surface area contributed by atoms with Gasteiger partial charge in [0.15, 0.2) is 0 Å². The summed E-state index contributed by atoms with van der Waals surface area (Å²) in [5.74, 6) is 0. The Labute approximate surface area is 203 Å². The molecule has 1 aromatic carbocycles. The number of fused-ring (bicyclic) bond motifs is 3. The summed E-state index contributed by atoms with van der Waals surface area (Å²) in [6.07, 6.45) is 5.56. The second kappa shape index (κ2) is 7.46. The second-order valence-corrected chi connectivity index (χ2v) is 12.0. The van der Waals surface area contributed by atoms with Gasteiger partial charge in [-0.2, -0.15) is 0 Å². The molecule has 0 saturated heterocycles. The van der Waals surface area contributed by atoms with Crippen LogP contribution in [0, 0.1) is 23.2 Å². The fraction of sp³-hybridized carbons (Fsp3) is 0.515. The Morgan fingerprint density at radius 2 is 1.58 bits per heavy atom. The minimum atomic E-state index is -0.0834. The van der Waals surface area contributed by atoms with E-state index in [1.54, 1.807) is 5.56 Å². The summed E-state index contributed by atoms with van der Waals surface area (Å²) in [5.41, 5.74) is 17.1. The molecule has 3 aliphatic rings. The van der Waals surface area contributed by atoms with E-state index in [0.717, 1.165) is 31.3 Å². The average Bonchev–Trinajstić information content (AvgIpc) is 2.70. The summed E-state index contributed by atoms with van der Waals surface area (Å²) in [5, 5.41) is 0. The van der Waals surface area contributed by atoms with Crippen molar-refractivity contribution in [1.29, 1.82) is 0 Å². The quantitative estimate of drug-likeness (QED) is 0.439. The zero-order valence-corrected chi connectivity index (χ0v) is 22.7. The van der Waals surface area contributed by atoms with Crippen LogP contribution in [-0.2, 0) is 19.3 Å². The van der Waals surface area contributed by atoms with Gasteiger partial charge in [-0.25, -0.2) is 0 Å². The van der Waals surface area contributed by atoms with Crippen LogP contribution >= 0.6 is 0 Å². The third-order valence-electron chi connectivity index (χ3n) is 9.96. The number of hydrogen-bond acceptors (Lipinski definition) is 0. The standard InChI is InChI=1S/C33H44/c1-13-25-15-26(14-2)27-17-31(10)18-32(11)16-20(5)28(19(3)4)23(8)33(32,12)24(9)30(31)22(7)29(27)21(25)6/h15H,3,7-8,13-14,16-18H2,1-2,4-6,9-12H3/t31-,32+,33-/m1/s1. The van der Waals surface area contributed by atoms with Crippen LogP contribution in [0.4, 0.5) is 0 Å². The van der Waals surface area contributed by atoms with Crippen LogP contribution in [0.3, 0.4) is 0 Å². The van der Waals surface area contributed by atoms with E-state index in [1.807, 2.05) is 0 Å². The first kappa shape index (κ1) is 24.1. The van der Waals surface area contributed by atoms with E-state index >= 15 is 0 Å². The van der Waals surface area contributed by atoms with Gasteiger partial charge in [-0.1, -0.05) is 77.1 Å². The van der Waals surface area contributed by atoms with Crippen molar-refractivity contribution in [2.24, 2.45) is 16.2 Å². The Morgan fingerprint density at radius 1 is 0.970 bits per heavy atom. The van der Waals surface area contributed by atoms with E-state index in [1.165, 1.54) is 62.1 Å². The second-order valence-electron chi connectivity index (χ2n) is 12.0. The summed E-state index contributed by atoms with van der Waals surface area (Å²) in [7, 11) is 0. The normalized spacial score (nSPS) is 31.4. The maximum absolute atomic E-state index is 4.82. The van der Waals surface area contributed by atoms with Gasteiger partial charge in [0.2, 0.25) is 0 Å². The molecule has 33 heavy (non-hydrogen) atoms. The number of aryl methyl sites for hydroxylation is 2. The molecule has 0 heteroatoms. The van der Waals surface area contributed by atoms with E-state index in [0.29, 0.717) is 0 Å². The SMILES string of the molecule is C=C(C)C1=C(C)C[C@@]2(C)C[C@@]3(C)Cc4c(CC)cc(CC)c(C)c4C(=C)C3=C(C)[C@@]2(C)C1=C. The molecule has 1 aromatic rings. The van der Waals surface area contributed by atoms with Crippen molar-refractivity contribution in [3.63, 3.8) is 0 Å². The molecule has 0 saturated carbocycles. The molecular weight excluding hydrogens is 396 g/mol. The van der Waals surface area contributed by atoms with Gasteiger partial charge in [0.1, 0.15) is 0 Å². The summed E-state index contributed by atoms with van der Waals surface area (Å²) in [6.45, 7) is 35.1. The predicted octanol–water partition coefficient (Wildman–Crippen LogP) is 9.28. The average molecular weight is 441 g/mol. The number of allylic oxidation sites excluding steroid dienone is 7. The topological polar surface area (TPSA) is 0 Å². The lowest BCUT2D eigenvalue weighted by atomic mass is 9.41. The molecule has 0 bridgehead atoms. The summed E-state index contributed by atoms with van der Waals surface area (Å²) in [4.78, 5) is 0. The Bertz CT molecular complexity index is 1180. The van der Waals surface area contributed by atoms with Gasteiger partial charge >= 0.3 is 0 Å². The molecule has 0 heterocycles. The zero-order chi connectivity index (χ0) is 24.7. The molecule has 3 aliphatic carbocycles. The van der Waals surface area contributed by atoms with E-state index < -0.39 is 0 Å². The first-order valence-corrected chi connectivity index (χ1v) is 12.9. The van der Waals surface area contributed by atoms with Crippen LogP contribution in [0.25, 0.3) is 5.57 Å².